The van der Waals surface area contributed by atoms with Gasteiger partial charge in [0.05, 0.1) is 0 Å². The van der Waals surface area contributed by atoms with E-state index in [1.807, 2.05) is 18.2 Å². The lowest BCUT2D eigenvalue weighted by atomic mass is 10.2. The van der Waals surface area contributed by atoms with Crippen LogP contribution in [0.2, 0.25) is 0 Å². The summed E-state index contributed by atoms with van der Waals surface area (Å²) in [5.41, 5.74) is 1.25. The number of rotatable bonds is 1. The fraction of sp³-hybridized carbons (Fsp3) is 0.143. The summed E-state index contributed by atoms with van der Waals surface area (Å²) in [7, 11) is -0.480. The van der Waals surface area contributed by atoms with Gasteiger partial charge in [-0.25, -0.2) is 0 Å². The molecular formula is C7H12OSi2. The average molecular weight is 168 g/mol. The molecule has 1 atom stereocenters. The van der Waals surface area contributed by atoms with Crippen LogP contribution in [0.5, 0.6) is 0 Å². The van der Waals surface area contributed by atoms with Gasteiger partial charge in [-0.15, -0.1) is 0 Å². The first-order valence-corrected chi connectivity index (χ1v) is 9.16. The molecule has 0 fully saturated rings. The van der Waals surface area contributed by atoms with E-state index in [1.54, 1.807) is 0 Å². The van der Waals surface area contributed by atoms with Crippen molar-refractivity contribution < 1.29 is 4.80 Å². The normalized spacial score (nSPS) is 13.4. The van der Waals surface area contributed by atoms with Gasteiger partial charge >= 0.3 is 0 Å². The Bertz CT molecular complexity index is 223. The third-order valence-electron chi connectivity index (χ3n) is 1.64. The first kappa shape index (κ1) is 7.72. The first-order chi connectivity index (χ1) is 4.72. The van der Waals surface area contributed by atoms with E-state index >= 15 is 0 Å². The van der Waals surface area contributed by atoms with Crippen molar-refractivity contribution in [2.45, 2.75) is 6.92 Å². The van der Waals surface area contributed by atoms with Crippen LogP contribution >= 0.6 is 0 Å². The molecule has 0 aromatic heterocycles. The van der Waals surface area contributed by atoms with Gasteiger partial charge in [0, 0.05) is 9.76 Å². The minimum absolute atomic E-state index is 0.950. The molecular weight excluding hydrogens is 156 g/mol. The Morgan fingerprint density at radius 3 is 2.40 bits per heavy atom. The Labute approximate surface area is 65.7 Å². The lowest BCUT2D eigenvalue weighted by Gasteiger charge is -2.04. The zero-order valence-electron chi connectivity index (χ0n) is 6.33. The third kappa shape index (κ3) is 1.56. The smallest absolute Gasteiger partial charge is 0.179 e. The second-order valence-electron chi connectivity index (χ2n) is 2.53. The van der Waals surface area contributed by atoms with Gasteiger partial charge in [0.15, 0.2) is 8.56 Å². The highest BCUT2D eigenvalue weighted by molar-refractivity contribution is 7.06. The van der Waals surface area contributed by atoms with Crippen molar-refractivity contribution in [2.75, 3.05) is 0 Å². The summed E-state index contributed by atoms with van der Waals surface area (Å²) in [5.74, 6) is 0. The summed E-state index contributed by atoms with van der Waals surface area (Å²) >= 11 is 0. The van der Waals surface area contributed by atoms with Gasteiger partial charge in [-0.3, -0.25) is 0 Å². The maximum absolute atomic E-state index is 9.41. The van der Waals surface area contributed by atoms with E-state index in [2.05, 4.69) is 13.0 Å². The quantitative estimate of drug-likeness (QED) is 0.521. The molecule has 1 nitrogen and oxygen atoms in total. The van der Waals surface area contributed by atoms with Crippen LogP contribution in [0.3, 0.4) is 0 Å². The van der Waals surface area contributed by atoms with E-state index in [1.165, 1.54) is 10.8 Å². The van der Waals surface area contributed by atoms with Crippen LogP contribution < -0.4 is 5.19 Å². The minimum atomic E-state index is -1.43. The highest BCUT2D eigenvalue weighted by Gasteiger charge is 2.03. The van der Waals surface area contributed by atoms with Crippen molar-refractivity contribution in [1.82, 2.24) is 0 Å². The standard InChI is InChI=1S/C7H12OSi2/c1-6-4-2-3-5-7(6)10(8)9/h2-5,8,10H,1,9H3. The fourth-order valence-corrected chi connectivity index (χ4v) is 4.14. The van der Waals surface area contributed by atoms with Gasteiger partial charge in [-0.2, -0.15) is 0 Å². The topological polar surface area (TPSA) is 20.2 Å². The van der Waals surface area contributed by atoms with Crippen LogP contribution in [0.15, 0.2) is 24.3 Å². The van der Waals surface area contributed by atoms with Crippen LogP contribution in [0.4, 0.5) is 0 Å². The molecule has 1 rings (SSSR count). The lowest BCUT2D eigenvalue weighted by Crippen LogP contribution is -2.32. The van der Waals surface area contributed by atoms with Crippen molar-refractivity contribution in [3.05, 3.63) is 29.8 Å². The minimum Gasteiger partial charge on any atom is -0.434 e. The Hall–Kier alpha value is -0.386. The molecule has 0 saturated heterocycles. The molecule has 0 heterocycles. The maximum Gasteiger partial charge on any atom is 0.179 e. The summed E-state index contributed by atoms with van der Waals surface area (Å²) in [6.07, 6.45) is 0. The fourth-order valence-electron chi connectivity index (χ4n) is 1.06. The summed E-state index contributed by atoms with van der Waals surface area (Å²) in [4.78, 5) is 9.41. The molecule has 0 amide bonds. The second kappa shape index (κ2) is 3.14. The van der Waals surface area contributed by atoms with Crippen LogP contribution in [-0.4, -0.2) is 23.1 Å². The zero-order valence-corrected chi connectivity index (χ0v) is 9.49. The molecule has 0 radical (unpaired) electrons. The summed E-state index contributed by atoms with van der Waals surface area (Å²) in [6.45, 7) is 2.06. The second-order valence-corrected chi connectivity index (χ2v) is 7.79. The van der Waals surface area contributed by atoms with Gasteiger partial charge < -0.3 is 4.80 Å². The number of hydrogen-bond acceptors (Lipinski definition) is 1. The van der Waals surface area contributed by atoms with Crippen LogP contribution in [0.1, 0.15) is 5.56 Å². The molecule has 0 saturated carbocycles. The monoisotopic (exact) mass is 168 g/mol. The van der Waals surface area contributed by atoms with Gasteiger partial charge in [0.1, 0.15) is 0 Å². The van der Waals surface area contributed by atoms with Crippen molar-refractivity contribution in [1.29, 1.82) is 0 Å². The molecule has 3 heteroatoms. The van der Waals surface area contributed by atoms with E-state index in [4.69, 9.17) is 0 Å². The molecule has 1 aromatic rings. The SMILES string of the molecule is Cc1ccccc1[SiH](O)[SiH3]. The lowest BCUT2D eigenvalue weighted by molar-refractivity contribution is 0.607. The molecule has 0 bridgehead atoms. The maximum atomic E-state index is 9.41. The molecule has 0 aliphatic rings. The predicted molar refractivity (Wildman–Crippen MR) is 50.1 cm³/mol. The summed E-state index contributed by atoms with van der Waals surface area (Å²) in [6, 6.07) is 8.11. The predicted octanol–water partition coefficient (Wildman–Crippen LogP) is -1.22. The van der Waals surface area contributed by atoms with Gasteiger partial charge in [0.2, 0.25) is 0 Å². The highest BCUT2D eigenvalue weighted by Crippen LogP contribution is 1.92. The highest BCUT2D eigenvalue weighted by atomic mass is 29.2. The van der Waals surface area contributed by atoms with Crippen molar-refractivity contribution in [2.24, 2.45) is 0 Å². The summed E-state index contributed by atoms with van der Waals surface area (Å²) in [5, 5.41) is 1.22. The van der Waals surface area contributed by atoms with Gasteiger partial charge in [-0.05, 0) is 12.1 Å². The van der Waals surface area contributed by atoms with E-state index in [9.17, 15) is 4.80 Å². The third-order valence-corrected chi connectivity index (χ3v) is 5.05. The first-order valence-electron chi connectivity index (χ1n) is 3.45. The molecule has 1 aromatic carbocycles. The van der Waals surface area contributed by atoms with Crippen molar-refractivity contribution >= 4 is 23.5 Å². The van der Waals surface area contributed by atoms with Gasteiger partial charge in [0.25, 0.3) is 0 Å². The Morgan fingerprint density at radius 2 is 2.00 bits per heavy atom. The van der Waals surface area contributed by atoms with Crippen LogP contribution in [0, 0.1) is 6.92 Å². The Kier molecular flexibility index (Phi) is 2.42. The molecule has 0 spiro atoms. The Balaban J connectivity index is 3.03. The molecule has 54 valence electrons. The van der Waals surface area contributed by atoms with Crippen molar-refractivity contribution in [3.63, 3.8) is 0 Å². The largest absolute Gasteiger partial charge is 0.434 e. The number of benzene rings is 1. The van der Waals surface area contributed by atoms with Crippen LogP contribution in [-0.2, 0) is 0 Å². The number of aryl methyl sites for hydroxylation is 1. The Morgan fingerprint density at radius 1 is 1.40 bits per heavy atom. The molecule has 1 N–H and O–H groups in total. The van der Waals surface area contributed by atoms with E-state index in [0.29, 0.717) is 0 Å². The summed E-state index contributed by atoms with van der Waals surface area (Å²) < 4.78 is 0. The molecule has 0 aliphatic carbocycles. The number of hydrogen-bond donors (Lipinski definition) is 1. The molecule has 10 heavy (non-hydrogen) atoms. The average Bonchev–Trinajstić information content (AvgIpc) is 1.88. The zero-order chi connectivity index (χ0) is 7.56. The van der Waals surface area contributed by atoms with E-state index in [-0.39, 0.29) is 0 Å². The molecule has 1 unspecified atom stereocenters. The van der Waals surface area contributed by atoms with E-state index in [0.717, 1.165) is 9.76 Å². The van der Waals surface area contributed by atoms with Crippen LogP contribution in [0.25, 0.3) is 0 Å². The van der Waals surface area contributed by atoms with E-state index < -0.39 is 8.56 Å². The molecule has 0 aliphatic heterocycles. The van der Waals surface area contributed by atoms with Crippen molar-refractivity contribution in [3.8, 4) is 0 Å². The van der Waals surface area contributed by atoms with Gasteiger partial charge in [-0.1, -0.05) is 29.8 Å².